The van der Waals surface area contributed by atoms with Crippen LogP contribution < -0.4 is 4.90 Å². The van der Waals surface area contributed by atoms with E-state index >= 15 is 0 Å². The third-order valence-electron chi connectivity index (χ3n) is 3.15. The highest BCUT2D eigenvalue weighted by Gasteiger charge is 2.30. The molecule has 1 aromatic carbocycles. The number of aromatic nitrogens is 2. The fourth-order valence-electron chi connectivity index (χ4n) is 2.18. The van der Waals surface area contributed by atoms with E-state index in [0.29, 0.717) is 12.6 Å². The lowest BCUT2D eigenvalue weighted by Crippen LogP contribution is -2.30. The van der Waals surface area contributed by atoms with Crippen LogP contribution in [-0.2, 0) is 0 Å². The number of rotatable bonds is 4. The molecule has 1 aliphatic carbocycles. The van der Waals surface area contributed by atoms with Gasteiger partial charge in [-0.05, 0) is 12.8 Å². The lowest BCUT2D eigenvalue weighted by atomic mass is 10.2. The van der Waals surface area contributed by atoms with Crippen molar-refractivity contribution in [1.82, 2.24) is 10.2 Å². The quantitative estimate of drug-likeness (QED) is 0.865. The average molecular weight is 229 g/mol. The third kappa shape index (κ3) is 1.96. The van der Waals surface area contributed by atoms with Crippen LogP contribution in [0.1, 0.15) is 12.8 Å². The predicted octanol–water partition coefficient (Wildman–Crippen LogP) is 1.59. The van der Waals surface area contributed by atoms with Crippen molar-refractivity contribution in [3.8, 4) is 0 Å². The van der Waals surface area contributed by atoms with Crippen molar-refractivity contribution >= 4 is 16.6 Å². The van der Waals surface area contributed by atoms with Crippen LogP contribution in [0.15, 0.2) is 30.5 Å². The Morgan fingerprint density at radius 3 is 2.88 bits per heavy atom. The molecule has 0 bridgehead atoms. The monoisotopic (exact) mass is 229 g/mol. The van der Waals surface area contributed by atoms with E-state index in [2.05, 4.69) is 21.2 Å². The first-order valence-electron chi connectivity index (χ1n) is 5.98. The average Bonchev–Trinajstić information content (AvgIpc) is 3.20. The summed E-state index contributed by atoms with van der Waals surface area (Å²) in [6.07, 6.45) is 4.15. The fourth-order valence-corrected chi connectivity index (χ4v) is 2.18. The van der Waals surface area contributed by atoms with Crippen molar-refractivity contribution < 1.29 is 5.11 Å². The molecule has 0 unspecified atom stereocenters. The number of aliphatic hydroxyl groups excluding tert-OH is 1. The standard InChI is InChI=1S/C13H15N3O/c17-8-7-16(11-5-6-11)13-12-4-2-1-3-10(12)9-14-15-13/h1-4,9,11,17H,5-8H2. The first kappa shape index (κ1) is 10.5. The Bertz CT molecular complexity index is 520. The van der Waals surface area contributed by atoms with E-state index in [1.165, 1.54) is 12.8 Å². The Hall–Kier alpha value is -1.68. The molecule has 0 atom stereocenters. The van der Waals surface area contributed by atoms with Gasteiger partial charge >= 0.3 is 0 Å². The van der Waals surface area contributed by atoms with E-state index in [-0.39, 0.29) is 6.61 Å². The summed E-state index contributed by atoms with van der Waals surface area (Å²) in [5.74, 6) is 0.902. The molecule has 1 saturated carbocycles. The second-order valence-electron chi connectivity index (χ2n) is 4.40. The van der Waals surface area contributed by atoms with Gasteiger partial charge in [-0.15, -0.1) is 5.10 Å². The van der Waals surface area contributed by atoms with E-state index in [0.717, 1.165) is 16.6 Å². The highest BCUT2D eigenvalue weighted by atomic mass is 16.3. The molecule has 0 spiro atoms. The van der Waals surface area contributed by atoms with Gasteiger partial charge in [-0.3, -0.25) is 0 Å². The summed E-state index contributed by atoms with van der Waals surface area (Å²) in [5, 5.41) is 19.7. The zero-order valence-electron chi connectivity index (χ0n) is 9.58. The summed E-state index contributed by atoms with van der Waals surface area (Å²) in [6.45, 7) is 0.786. The smallest absolute Gasteiger partial charge is 0.159 e. The van der Waals surface area contributed by atoms with E-state index < -0.39 is 0 Å². The summed E-state index contributed by atoms with van der Waals surface area (Å²) < 4.78 is 0. The number of anilines is 1. The minimum atomic E-state index is 0.154. The number of hydrogen-bond donors (Lipinski definition) is 1. The van der Waals surface area contributed by atoms with Gasteiger partial charge in [-0.25, -0.2) is 0 Å². The lowest BCUT2D eigenvalue weighted by Gasteiger charge is -2.23. The predicted molar refractivity (Wildman–Crippen MR) is 67.0 cm³/mol. The van der Waals surface area contributed by atoms with Gasteiger partial charge in [0.2, 0.25) is 0 Å². The molecule has 3 rings (SSSR count). The number of benzene rings is 1. The van der Waals surface area contributed by atoms with Crippen molar-refractivity contribution in [1.29, 1.82) is 0 Å². The molecule has 2 aromatic rings. The molecule has 4 nitrogen and oxygen atoms in total. The Morgan fingerprint density at radius 1 is 1.29 bits per heavy atom. The topological polar surface area (TPSA) is 49.2 Å². The number of fused-ring (bicyclic) bond motifs is 1. The van der Waals surface area contributed by atoms with Gasteiger partial charge in [0, 0.05) is 23.4 Å². The zero-order valence-corrected chi connectivity index (χ0v) is 9.58. The Kier molecular flexibility index (Phi) is 2.65. The minimum absolute atomic E-state index is 0.154. The van der Waals surface area contributed by atoms with E-state index in [1.54, 1.807) is 6.20 Å². The van der Waals surface area contributed by atoms with Crippen LogP contribution in [0.4, 0.5) is 5.82 Å². The van der Waals surface area contributed by atoms with Gasteiger partial charge < -0.3 is 10.0 Å². The molecule has 88 valence electrons. The first-order valence-corrected chi connectivity index (χ1v) is 5.98. The molecule has 0 amide bonds. The van der Waals surface area contributed by atoms with E-state index in [4.69, 9.17) is 5.11 Å². The van der Waals surface area contributed by atoms with Crippen molar-refractivity contribution in [2.45, 2.75) is 18.9 Å². The molecule has 17 heavy (non-hydrogen) atoms. The lowest BCUT2D eigenvalue weighted by molar-refractivity contribution is 0.301. The van der Waals surface area contributed by atoms with Gasteiger partial charge in [0.05, 0.1) is 12.8 Å². The Balaban J connectivity index is 2.08. The van der Waals surface area contributed by atoms with Crippen molar-refractivity contribution in [2.75, 3.05) is 18.1 Å². The molecular formula is C13H15N3O. The summed E-state index contributed by atoms with van der Waals surface area (Å²) >= 11 is 0. The second kappa shape index (κ2) is 4.30. The van der Waals surface area contributed by atoms with Gasteiger partial charge in [0.15, 0.2) is 5.82 Å². The molecule has 0 aliphatic heterocycles. The van der Waals surface area contributed by atoms with Gasteiger partial charge in [-0.1, -0.05) is 24.3 Å². The Morgan fingerprint density at radius 2 is 2.12 bits per heavy atom. The molecular weight excluding hydrogens is 214 g/mol. The van der Waals surface area contributed by atoms with Gasteiger partial charge in [0.25, 0.3) is 0 Å². The number of aliphatic hydroxyl groups is 1. The maximum Gasteiger partial charge on any atom is 0.159 e. The van der Waals surface area contributed by atoms with E-state index in [9.17, 15) is 0 Å². The maximum atomic E-state index is 9.16. The zero-order chi connectivity index (χ0) is 11.7. The van der Waals surface area contributed by atoms with Crippen LogP contribution in [0.3, 0.4) is 0 Å². The molecule has 1 aliphatic rings. The first-order chi connectivity index (χ1) is 8.40. The molecule has 0 saturated heterocycles. The van der Waals surface area contributed by atoms with Crippen LogP contribution >= 0.6 is 0 Å². The number of nitrogens with zero attached hydrogens (tertiary/aromatic N) is 3. The van der Waals surface area contributed by atoms with Crippen molar-refractivity contribution in [2.24, 2.45) is 0 Å². The molecule has 1 aromatic heterocycles. The molecule has 0 radical (unpaired) electrons. The van der Waals surface area contributed by atoms with Crippen LogP contribution in [0.5, 0.6) is 0 Å². The second-order valence-corrected chi connectivity index (χ2v) is 4.40. The van der Waals surface area contributed by atoms with E-state index in [1.807, 2.05) is 18.2 Å². The number of hydrogen-bond acceptors (Lipinski definition) is 4. The fraction of sp³-hybridized carbons (Fsp3) is 0.385. The summed E-state index contributed by atoms with van der Waals surface area (Å²) in [6, 6.07) is 8.64. The minimum Gasteiger partial charge on any atom is -0.395 e. The summed E-state index contributed by atoms with van der Waals surface area (Å²) in [4.78, 5) is 2.18. The van der Waals surface area contributed by atoms with Crippen LogP contribution in [0, 0.1) is 0 Å². The molecule has 4 heteroatoms. The molecule has 1 N–H and O–H groups in total. The van der Waals surface area contributed by atoms with Gasteiger partial charge in [-0.2, -0.15) is 5.10 Å². The molecule has 1 fully saturated rings. The van der Waals surface area contributed by atoms with Crippen LogP contribution in [0.25, 0.3) is 10.8 Å². The highest BCUT2D eigenvalue weighted by Crippen LogP contribution is 2.33. The Labute approximate surface area is 99.9 Å². The summed E-state index contributed by atoms with van der Waals surface area (Å²) in [5.41, 5.74) is 0. The third-order valence-corrected chi connectivity index (χ3v) is 3.15. The SMILES string of the molecule is OCCN(c1nncc2ccccc12)C1CC1. The summed E-state index contributed by atoms with van der Waals surface area (Å²) in [7, 11) is 0. The highest BCUT2D eigenvalue weighted by molar-refractivity contribution is 5.91. The molecule has 1 heterocycles. The normalized spacial score (nSPS) is 15.1. The van der Waals surface area contributed by atoms with Crippen molar-refractivity contribution in [3.05, 3.63) is 30.5 Å². The maximum absolute atomic E-state index is 9.16. The largest absolute Gasteiger partial charge is 0.395 e. The van der Waals surface area contributed by atoms with Crippen molar-refractivity contribution in [3.63, 3.8) is 0 Å². The van der Waals surface area contributed by atoms with Crippen LogP contribution in [0.2, 0.25) is 0 Å². The van der Waals surface area contributed by atoms with Crippen LogP contribution in [-0.4, -0.2) is 34.5 Å². The van der Waals surface area contributed by atoms with Gasteiger partial charge in [0.1, 0.15) is 0 Å².